The molecule has 0 aliphatic carbocycles. The van der Waals surface area contributed by atoms with E-state index in [1.807, 2.05) is 6.92 Å². The van der Waals surface area contributed by atoms with Gasteiger partial charge in [0.2, 0.25) is 0 Å². The van der Waals surface area contributed by atoms with Gasteiger partial charge >= 0.3 is 5.97 Å². The summed E-state index contributed by atoms with van der Waals surface area (Å²) in [5.41, 5.74) is 2.04. The summed E-state index contributed by atoms with van der Waals surface area (Å²) in [6.07, 6.45) is 1.32. The molecule has 0 saturated carbocycles. The topological polar surface area (TPSA) is 76.4 Å². The second-order valence-electron chi connectivity index (χ2n) is 5.35. The van der Waals surface area contributed by atoms with Crippen LogP contribution < -0.4 is 0 Å². The number of carboxylic acid groups (broad SMARTS) is 1. The number of hydrogen-bond acceptors (Lipinski definition) is 3. The second kappa shape index (κ2) is 5.55. The summed E-state index contributed by atoms with van der Waals surface area (Å²) < 4.78 is 26.8. The van der Waals surface area contributed by atoms with Crippen molar-refractivity contribution in [3.8, 4) is 0 Å². The minimum absolute atomic E-state index is 0.147. The van der Waals surface area contributed by atoms with E-state index < -0.39 is 16.0 Å². The standard InChI is InChI=1S/C17H15NO4S/c1-12-5-7-14(8-6-12)23(21,22)18-10-9-15-13(11-17(19)20)3-2-4-16(15)18/h2-10H,11H2,1H3,(H,19,20). The van der Waals surface area contributed by atoms with Gasteiger partial charge in [0.05, 0.1) is 16.8 Å². The molecule has 0 unspecified atom stereocenters. The van der Waals surface area contributed by atoms with Crippen LogP contribution in [0.4, 0.5) is 0 Å². The third kappa shape index (κ3) is 2.73. The van der Waals surface area contributed by atoms with Crippen LogP contribution in [-0.4, -0.2) is 23.5 Å². The summed E-state index contributed by atoms with van der Waals surface area (Å²) in [5, 5.41) is 9.60. The molecule has 23 heavy (non-hydrogen) atoms. The maximum atomic E-state index is 12.8. The van der Waals surface area contributed by atoms with Crippen LogP contribution in [0, 0.1) is 6.92 Å². The van der Waals surface area contributed by atoms with Crippen molar-refractivity contribution in [2.45, 2.75) is 18.2 Å². The van der Waals surface area contributed by atoms with Crippen molar-refractivity contribution in [3.63, 3.8) is 0 Å². The highest BCUT2D eigenvalue weighted by molar-refractivity contribution is 7.90. The van der Waals surface area contributed by atoms with Gasteiger partial charge in [0.15, 0.2) is 0 Å². The molecule has 0 aliphatic heterocycles. The van der Waals surface area contributed by atoms with E-state index in [1.54, 1.807) is 48.5 Å². The number of hydrogen-bond donors (Lipinski definition) is 1. The molecule has 0 saturated heterocycles. The zero-order valence-corrected chi connectivity index (χ0v) is 13.2. The van der Waals surface area contributed by atoms with Crippen LogP contribution >= 0.6 is 0 Å². The van der Waals surface area contributed by atoms with Crippen molar-refractivity contribution < 1.29 is 18.3 Å². The second-order valence-corrected chi connectivity index (χ2v) is 7.17. The van der Waals surface area contributed by atoms with Crippen molar-refractivity contribution >= 4 is 26.9 Å². The van der Waals surface area contributed by atoms with E-state index in [2.05, 4.69) is 0 Å². The number of benzene rings is 2. The Morgan fingerprint density at radius 2 is 1.78 bits per heavy atom. The molecule has 118 valence electrons. The Balaban J connectivity index is 2.17. The first-order chi connectivity index (χ1) is 10.9. The smallest absolute Gasteiger partial charge is 0.307 e. The van der Waals surface area contributed by atoms with Gasteiger partial charge in [-0.25, -0.2) is 12.4 Å². The molecule has 0 fully saturated rings. The molecule has 5 nitrogen and oxygen atoms in total. The number of carboxylic acids is 1. The van der Waals surface area contributed by atoms with Gasteiger partial charge in [-0.15, -0.1) is 0 Å². The van der Waals surface area contributed by atoms with Crippen LogP contribution in [0.15, 0.2) is 59.6 Å². The van der Waals surface area contributed by atoms with Crippen LogP contribution in [0.5, 0.6) is 0 Å². The Bertz CT molecular complexity index is 985. The first-order valence-electron chi connectivity index (χ1n) is 7.02. The number of rotatable bonds is 4. The third-order valence-corrected chi connectivity index (χ3v) is 5.41. The molecule has 1 heterocycles. The van der Waals surface area contributed by atoms with E-state index in [4.69, 9.17) is 5.11 Å². The lowest BCUT2D eigenvalue weighted by Gasteiger charge is -2.08. The lowest BCUT2D eigenvalue weighted by Crippen LogP contribution is -2.11. The van der Waals surface area contributed by atoms with E-state index in [0.29, 0.717) is 16.5 Å². The van der Waals surface area contributed by atoms with Crippen molar-refractivity contribution in [2.24, 2.45) is 0 Å². The van der Waals surface area contributed by atoms with Crippen molar-refractivity contribution in [2.75, 3.05) is 0 Å². The van der Waals surface area contributed by atoms with E-state index in [-0.39, 0.29) is 11.3 Å². The van der Waals surface area contributed by atoms with Gasteiger partial charge < -0.3 is 5.11 Å². The van der Waals surface area contributed by atoms with Crippen LogP contribution in [-0.2, 0) is 21.2 Å². The zero-order chi connectivity index (χ0) is 16.6. The summed E-state index contributed by atoms with van der Waals surface area (Å²) in [6.45, 7) is 1.89. The molecule has 0 aliphatic rings. The summed E-state index contributed by atoms with van der Waals surface area (Å²) in [4.78, 5) is 11.1. The molecule has 0 radical (unpaired) electrons. The average molecular weight is 329 g/mol. The lowest BCUT2D eigenvalue weighted by molar-refractivity contribution is -0.136. The predicted octanol–water partition coefficient (Wildman–Crippen LogP) is 2.81. The van der Waals surface area contributed by atoms with E-state index in [9.17, 15) is 13.2 Å². The van der Waals surface area contributed by atoms with Crippen LogP contribution in [0.3, 0.4) is 0 Å². The first kappa shape index (κ1) is 15.3. The Labute approximate surface area is 133 Å². The molecule has 0 atom stereocenters. The molecule has 0 spiro atoms. The maximum absolute atomic E-state index is 12.8. The Morgan fingerprint density at radius 1 is 1.09 bits per heavy atom. The van der Waals surface area contributed by atoms with Crippen molar-refractivity contribution in [1.29, 1.82) is 0 Å². The first-order valence-corrected chi connectivity index (χ1v) is 8.46. The Morgan fingerprint density at radius 3 is 2.43 bits per heavy atom. The van der Waals surface area contributed by atoms with Gasteiger partial charge in [0.1, 0.15) is 0 Å². The molecular weight excluding hydrogens is 314 g/mol. The van der Waals surface area contributed by atoms with E-state index in [0.717, 1.165) is 5.56 Å². The van der Waals surface area contributed by atoms with Gasteiger partial charge in [-0.2, -0.15) is 0 Å². The highest BCUT2D eigenvalue weighted by Crippen LogP contribution is 2.25. The fraction of sp³-hybridized carbons (Fsp3) is 0.118. The SMILES string of the molecule is Cc1ccc(S(=O)(=O)n2ccc3c(CC(=O)O)cccc32)cc1. The number of nitrogens with zero attached hydrogens (tertiary/aromatic N) is 1. The lowest BCUT2D eigenvalue weighted by atomic mass is 10.1. The minimum atomic E-state index is -3.71. The van der Waals surface area contributed by atoms with Crippen molar-refractivity contribution in [1.82, 2.24) is 3.97 Å². The van der Waals surface area contributed by atoms with E-state index in [1.165, 1.54) is 10.2 Å². The van der Waals surface area contributed by atoms with E-state index >= 15 is 0 Å². The Kier molecular flexibility index (Phi) is 3.69. The number of carbonyl (C=O) groups is 1. The number of fused-ring (bicyclic) bond motifs is 1. The quantitative estimate of drug-likeness (QED) is 0.798. The highest BCUT2D eigenvalue weighted by Gasteiger charge is 2.19. The van der Waals surface area contributed by atoms with Gasteiger partial charge in [-0.3, -0.25) is 4.79 Å². The zero-order valence-electron chi connectivity index (χ0n) is 12.4. The Hall–Kier alpha value is -2.60. The minimum Gasteiger partial charge on any atom is -0.481 e. The van der Waals surface area contributed by atoms with Crippen LogP contribution in [0.1, 0.15) is 11.1 Å². The van der Waals surface area contributed by atoms with Gasteiger partial charge in [-0.05, 0) is 36.8 Å². The molecule has 3 rings (SSSR count). The summed E-state index contributed by atoms with van der Waals surface area (Å²) in [6, 6.07) is 13.3. The fourth-order valence-corrected chi connectivity index (χ4v) is 3.90. The molecule has 0 bridgehead atoms. The van der Waals surface area contributed by atoms with Gasteiger partial charge in [0, 0.05) is 11.6 Å². The summed E-state index contributed by atoms with van der Waals surface area (Å²) in [7, 11) is -3.71. The number of aromatic nitrogens is 1. The summed E-state index contributed by atoms with van der Waals surface area (Å²) >= 11 is 0. The third-order valence-electron chi connectivity index (χ3n) is 3.71. The molecular formula is C17H15NO4S. The molecule has 2 aromatic carbocycles. The maximum Gasteiger partial charge on any atom is 0.307 e. The van der Waals surface area contributed by atoms with Gasteiger partial charge in [0.25, 0.3) is 10.0 Å². The molecule has 1 N–H and O–H groups in total. The largest absolute Gasteiger partial charge is 0.481 e. The number of aryl methyl sites for hydroxylation is 1. The van der Waals surface area contributed by atoms with Crippen molar-refractivity contribution in [3.05, 3.63) is 65.9 Å². The molecule has 0 amide bonds. The monoisotopic (exact) mass is 329 g/mol. The fourth-order valence-electron chi connectivity index (χ4n) is 2.56. The molecule has 3 aromatic rings. The summed E-state index contributed by atoms with van der Waals surface area (Å²) in [5.74, 6) is -0.952. The predicted molar refractivity (Wildman–Crippen MR) is 87.0 cm³/mol. The van der Waals surface area contributed by atoms with Crippen LogP contribution in [0.25, 0.3) is 10.9 Å². The molecule has 1 aromatic heterocycles. The van der Waals surface area contributed by atoms with Crippen LogP contribution in [0.2, 0.25) is 0 Å². The molecule has 6 heteroatoms. The average Bonchev–Trinajstić information content (AvgIpc) is 2.93. The van der Waals surface area contributed by atoms with Gasteiger partial charge in [-0.1, -0.05) is 29.8 Å². The number of aliphatic carboxylic acids is 1. The highest BCUT2D eigenvalue weighted by atomic mass is 32.2. The normalized spacial score (nSPS) is 11.7.